The number of hydrogen-bond donors (Lipinski definition) is 1. The summed E-state index contributed by atoms with van der Waals surface area (Å²) in [6, 6.07) is 9.08. The lowest BCUT2D eigenvalue weighted by atomic mass is 10.2. The Labute approximate surface area is 142 Å². The van der Waals surface area contributed by atoms with Crippen LogP contribution in [0.15, 0.2) is 40.2 Å². The van der Waals surface area contributed by atoms with Gasteiger partial charge in [0.25, 0.3) is 0 Å². The molecule has 3 aromatic rings. The van der Waals surface area contributed by atoms with Crippen molar-refractivity contribution in [3.63, 3.8) is 0 Å². The van der Waals surface area contributed by atoms with Gasteiger partial charge >= 0.3 is 11.8 Å². The van der Waals surface area contributed by atoms with Crippen LogP contribution in [0.4, 0.5) is 0 Å². The van der Waals surface area contributed by atoms with Crippen LogP contribution in [0, 0.1) is 0 Å². The Morgan fingerprint density at radius 1 is 1.25 bits per heavy atom. The average molecular weight is 345 g/mol. The van der Waals surface area contributed by atoms with E-state index < -0.39 is 5.91 Å². The molecular formula is C16H15N3O4S. The zero-order chi connectivity index (χ0) is 16.9. The van der Waals surface area contributed by atoms with Crippen molar-refractivity contribution in [3.8, 4) is 22.9 Å². The van der Waals surface area contributed by atoms with Gasteiger partial charge in [0.15, 0.2) is 11.5 Å². The summed E-state index contributed by atoms with van der Waals surface area (Å²) in [4.78, 5) is 17.2. The van der Waals surface area contributed by atoms with Gasteiger partial charge in [0.1, 0.15) is 0 Å². The summed E-state index contributed by atoms with van der Waals surface area (Å²) < 4.78 is 15.5. The van der Waals surface area contributed by atoms with Gasteiger partial charge < -0.3 is 19.3 Å². The molecule has 0 atom stereocenters. The molecule has 0 unspecified atom stereocenters. The lowest BCUT2D eigenvalue weighted by molar-refractivity contribution is 0.0907. The second-order valence-corrected chi connectivity index (χ2v) is 5.79. The first-order chi connectivity index (χ1) is 11.7. The van der Waals surface area contributed by atoms with E-state index in [1.807, 2.05) is 17.5 Å². The van der Waals surface area contributed by atoms with E-state index in [0.29, 0.717) is 29.4 Å². The van der Waals surface area contributed by atoms with Crippen molar-refractivity contribution in [2.45, 2.75) is 6.54 Å². The number of nitrogens with zero attached hydrogens (tertiary/aromatic N) is 2. The van der Waals surface area contributed by atoms with E-state index in [1.165, 1.54) is 0 Å². The van der Waals surface area contributed by atoms with E-state index in [1.54, 1.807) is 43.8 Å². The van der Waals surface area contributed by atoms with Crippen molar-refractivity contribution in [2.24, 2.45) is 0 Å². The molecule has 0 spiro atoms. The summed E-state index contributed by atoms with van der Waals surface area (Å²) in [6.07, 6.45) is 0. The number of amides is 1. The largest absolute Gasteiger partial charge is 0.493 e. The zero-order valence-electron chi connectivity index (χ0n) is 13.1. The van der Waals surface area contributed by atoms with Crippen molar-refractivity contribution in [2.75, 3.05) is 14.2 Å². The van der Waals surface area contributed by atoms with Crippen LogP contribution in [-0.4, -0.2) is 30.3 Å². The minimum atomic E-state index is -0.414. The topological polar surface area (TPSA) is 86.5 Å². The second-order valence-electron chi connectivity index (χ2n) is 4.75. The number of rotatable bonds is 6. The fraction of sp³-hybridized carbons (Fsp3) is 0.188. The molecule has 0 aliphatic heterocycles. The molecule has 0 radical (unpaired) electrons. The van der Waals surface area contributed by atoms with Gasteiger partial charge in [0, 0.05) is 10.4 Å². The lowest BCUT2D eigenvalue weighted by Crippen LogP contribution is -2.22. The van der Waals surface area contributed by atoms with E-state index in [9.17, 15) is 4.79 Å². The summed E-state index contributed by atoms with van der Waals surface area (Å²) >= 11 is 1.56. The molecule has 0 fully saturated rings. The molecule has 1 N–H and O–H groups in total. The van der Waals surface area contributed by atoms with Crippen LogP contribution in [0.25, 0.3) is 11.4 Å². The maximum atomic E-state index is 12.1. The molecule has 0 aliphatic rings. The number of benzene rings is 1. The Kier molecular flexibility index (Phi) is 4.76. The number of hydrogen-bond acceptors (Lipinski definition) is 7. The van der Waals surface area contributed by atoms with Gasteiger partial charge in [-0.3, -0.25) is 4.79 Å². The first-order valence-corrected chi connectivity index (χ1v) is 7.96. The Balaban J connectivity index is 1.74. The minimum Gasteiger partial charge on any atom is -0.493 e. The van der Waals surface area contributed by atoms with Gasteiger partial charge in [-0.05, 0) is 29.6 Å². The van der Waals surface area contributed by atoms with E-state index in [-0.39, 0.29) is 5.89 Å². The number of methoxy groups -OCH3 is 2. The fourth-order valence-corrected chi connectivity index (χ4v) is 2.71. The molecular weight excluding hydrogens is 330 g/mol. The molecule has 2 heterocycles. The van der Waals surface area contributed by atoms with Crippen LogP contribution in [0.1, 0.15) is 15.6 Å². The highest BCUT2D eigenvalue weighted by atomic mass is 32.1. The Hall–Kier alpha value is -2.87. The quantitative estimate of drug-likeness (QED) is 0.739. The summed E-state index contributed by atoms with van der Waals surface area (Å²) in [5, 5.41) is 8.53. The summed E-state index contributed by atoms with van der Waals surface area (Å²) in [6.45, 7) is 0.421. The van der Waals surface area contributed by atoms with Crippen molar-refractivity contribution >= 4 is 17.2 Å². The van der Waals surface area contributed by atoms with Crippen LogP contribution >= 0.6 is 11.3 Å². The smallest absolute Gasteiger partial charge is 0.316 e. The minimum absolute atomic E-state index is 0.0867. The summed E-state index contributed by atoms with van der Waals surface area (Å²) in [5.74, 6) is 0.943. The molecule has 1 amide bonds. The highest BCUT2D eigenvalue weighted by Gasteiger charge is 2.17. The highest BCUT2D eigenvalue weighted by Crippen LogP contribution is 2.31. The van der Waals surface area contributed by atoms with E-state index >= 15 is 0 Å². The van der Waals surface area contributed by atoms with Crippen LogP contribution in [0.2, 0.25) is 0 Å². The summed E-state index contributed by atoms with van der Waals surface area (Å²) in [7, 11) is 3.10. The molecule has 124 valence electrons. The average Bonchev–Trinajstić information content (AvgIpc) is 3.30. The molecule has 0 saturated carbocycles. The predicted octanol–water partition coefficient (Wildman–Crippen LogP) is 2.75. The summed E-state index contributed by atoms with van der Waals surface area (Å²) in [5.41, 5.74) is 0.661. The Morgan fingerprint density at radius 2 is 2.08 bits per heavy atom. The van der Waals surface area contributed by atoms with Crippen molar-refractivity contribution < 1.29 is 18.8 Å². The van der Waals surface area contributed by atoms with Gasteiger partial charge in [-0.15, -0.1) is 11.3 Å². The molecule has 0 saturated heterocycles. The number of carbonyl (C=O) groups is 1. The third kappa shape index (κ3) is 3.38. The first kappa shape index (κ1) is 16.0. The molecule has 0 bridgehead atoms. The zero-order valence-corrected chi connectivity index (χ0v) is 13.9. The van der Waals surface area contributed by atoms with Gasteiger partial charge in [0.2, 0.25) is 5.82 Å². The number of thiophene rings is 1. The SMILES string of the molecule is COc1ccc(-c2noc(C(=O)NCc3cccs3)n2)cc1OC. The monoisotopic (exact) mass is 345 g/mol. The molecule has 24 heavy (non-hydrogen) atoms. The lowest BCUT2D eigenvalue weighted by Gasteiger charge is -2.07. The van der Waals surface area contributed by atoms with Crippen molar-refractivity contribution in [1.82, 2.24) is 15.5 Å². The number of carbonyl (C=O) groups excluding carboxylic acids is 1. The number of aromatic nitrogens is 2. The van der Waals surface area contributed by atoms with Gasteiger partial charge in [-0.2, -0.15) is 4.98 Å². The first-order valence-electron chi connectivity index (χ1n) is 7.08. The third-order valence-electron chi connectivity index (χ3n) is 3.27. The molecule has 7 nitrogen and oxygen atoms in total. The van der Waals surface area contributed by atoms with Crippen LogP contribution in [0.3, 0.4) is 0 Å². The molecule has 0 aliphatic carbocycles. The van der Waals surface area contributed by atoms with Crippen molar-refractivity contribution in [3.05, 3.63) is 46.5 Å². The van der Waals surface area contributed by atoms with E-state index in [4.69, 9.17) is 14.0 Å². The number of nitrogens with one attached hydrogen (secondary N) is 1. The Bertz CT molecular complexity index is 830. The molecule has 8 heteroatoms. The third-order valence-corrected chi connectivity index (χ3v) is 4.14. The standard InChI is InChI=1S/C16H15N3O4S/c1-21-12-6-5-10(8-13(12)22-2)14-18-16(23-19-14)15(20)17-9-11-4-3-7-24-11/h3-8H,9H2,1-2H3,(H,17,20). The fourth-order valence-electron chi connectivity index (χ4n) is 2.06. The van der Waals surface area contributed by atoms with Crippen LogP contribution in [-0.2, 0) is 6.54 Å². The second kappa shape index (κ2) is 7.14. The van der Waals surface area contributed by atoms with Gasteiger partial charge in [-0.25, -0.2) is 0 Å². The van der Waals surface area contributed by atoms with E-state index in [2.05, 4.69) is 15.5 Å². The molecule has 3 rings (SSSR count). The van der Waals surface area contributed by atoms with Crippen LogP contribution in [0.5, 0.6) is 11.5 Å². The Morgan fingerprint density at radius 3 is 2.79 bits per heavy atom. The van der Waals surface area contributed by atoms with Crippen LogP contribution < -0.4 is 14.8 Å². The van der Waals surface area contributed by atoms with E-state index in [0.717, 1.165) is 4.88 Å². The van der Waals surface area contributed by atoms with Gasteiger partial charge in [-0.1, -0.05) is 11.2 Å². The maximum Gasteiger partial charge on any atom is 0.316 e. The van der Waals surface area contributed by atoms with Crippen molar-refractivity contribution in [1.29, 1.82) is 0 Å². The molecule has 2 aromatic heterocycles. The molecule has 1 aromatic carbocycles. The highest BCUT2D eigenvalue weighted by molar-refractivity contribution is 7.09. The number of ether oxygens (including phenoxy) is 2. The maximum absolute atomic E-state index is 12.1. The predicted molar refractivity (Wildman–Crippen MR) is 88.3 cm³/mol. The van der Waals surface area contributed by atoms with Gasteiger partial charge in [0.05, 0.1) is 20.8 Å². The normalized spacial score (nSPS) is 10.4.